The maximum Gasteiger partial charge on any atom is 0.140 e. The minimum absolute atomic E-state index is 0.0279. The van der Waals surface area contributed by atoms with Gasteiger partial charge in [0, 0.05) is 12.3 Å². The van der Waals surface area contributed by atoms with Crippen molar-refractivity contribution in [2.24, 2.45) is 5.73 Å². The number of nitrogens with one attached hydrogen (secondary N) is 1. The van der Waals surface area contributed by atoms with Crippen LogP contribution in [0.3, 0.4) is 0 Å². The molecule has 0 fully saturated rings. The van der Waals surface area contributed by atoms with Gasteiger partial charge in [0.05, 0.1) is 12.0 Å². The van der Waals surface area contributed by atoms with E-state index in [0.29, 0.717) is 17.2 Å². The number of aromatic nitrogens is 1. The molecule has 5 nitrogen and oxygen atoms in total. The summed E-state index contributed by atoms with van der Waals surface area (Å²) in [6, 6.07) is 7.36. The number of nitrogens with two attached hydrogens (primary N) is 1. The number of ether oxygens (including phenoxy) is 2. The van der Waals surface area contributed by atoms with Crippen LogP contribution in [-0.2, 0) is 6.61 Å². The predicted octanol–water partition coefficient (Wildman–Crippen LogP) is 2.01. The molecule has 0 atom stereocenters. The van der Waals surface area contributed by atoms with Crippen molar-refractivity contribution < 1.29 is 9.47 Å². The van der Waals surface area contributed by atoms with Crippen LogP contribution in [0.2, 0.25) is 0 Å². The zero-order valence-corrected chi connectivity index (χ0v) is 10.7. The van der Waals surface area contributed by atoms with Crippen LogP contribution in [0.15, 0.2) is 30.5 Å². The van der Waals surface area contributed by atoms with Crippen LogP contribution in [-0.4, -0.2) is 17.9 Å². The van der Waals surface area contributed by atoms with Crippen molar-refractivity contribution in [2.45, 2.75) is 6.61 Å². The molecule has 2 rings (SSSR count). The van der Waals surface area contributed by atoms with Gasteiger partial charge in [0.15, 0.2) is 0 Å². The highest BCUT2D eigenvalue weighted by Gasteiger charge is 2.05. The molecule has 0 unspecified atom stereocenters. The molecular formula is C12H13N3O2S. The fourth-order valence-corrected chi connectivity index (χ4v) is 2.03. The third-order valence-electron chi connectivity index (χ3n) is 2.22. The maximum atomic E-state index is 7.29. The number of hydrogen-bond donors (Lipinski definition) is 2. The zero-order chi connectivity index (χ0) is 13.0. The SMILES string of the molecule is COc1cccc(OCc2ncc(C(=N)N)s2)c1. The third-order valence-corrected chi connectivity index (χ3v) is 3.23. The van der Waals surface area contributed by atoms with Crippen molar-refractivity contribution in [3.63, 3.8) is 0 Å². The molecule has 94 valence electrons. The van der Waals surface area contributed by atoms with Crippen molar-refractivity contribution >= 4 is 17.2 Å². The Bertz CT molecular complexity index is 554. The van der Waals surface area contributed by atoms with Crippen molar-refractivity contribution in [2.75, 3.05) is 7.11 Å². The fourth-order valence-electron chi connectivity index (χ4n) is 1.34. The minimum Gasteiger partial charge on any atom is -0.497 e. The van der Waals surface area contributed by atoms with Crippen LogP contribution in [0.1, 0.15) is 9.88 Å². The van der Waals surface area contributed by atoms with Gasteiger partial charge in [-0.15, -0.1) is 11.3 Å². The molecule has 1 aromatic heterocycles. The largest absolute Gasteiger partial charge is 0.497 e. The first-order valence-electron chi connectivity index (χ1n) is 5.25. The van der Waals surface area contributed by atoms with Crippen molar-refractivity contribution in [3.8, 4) is 11.5 Å². The molecule has 2 aromatic rings. The highest BCUT2D eigenvalue weighted by Crippen LogP contribution is 2.21. The highest BCUT2D eigenvalue weighted by atomic mass is 32.1. The molecule has 1 heterocycles. The Balaban J connectivity index is 1.99. The number of rotatable bonds is 5. The van der Waals surface area contributed by atoms with Gasteiger partial charge in [0.1, 0.15) is 28.9 Å². The second kappa shape index (κ2) is 5.50. The van der Waals surface area contributed by atoms with Gasteiger partial charge in [-0.3, -0.25) is 5.41 Å². The van der Waals surface area contributed by atoms with Crippen LogP contribution in [0.5, 0.6) is 11.5 Å². The summed E-state index contributed by atoms with van der Waals surface area (Å²) in [5, 5.41) is 8.07. The van der Waals surface area contributed by atoms with E-state index in [4.69, 9.17) is 20.6 Å². The highest BCUT2D eigenvalue weighted by molar-refractivity contribution is 7.13. The Morgan fingerprint density at radius 1 is 1.44 bits per heavy atom. The predicted molar refractivity (Wildman–Crippen MR) is 70.5 cm³/mol. The topological polar surface area (TPSA) is 81.2 Å². The lowest BCUT2D eigenvalue weighted by Crippen LogP contribution is -2.08. The summed E-state index contributed by atoms with van der Waals surface area (Å²) in [7, 11) is 1.61. The maximum absolute atomic E-state index is 7.29. The van der Waals surface area contributed by atoms with Gasteiger partial charge >= 0.3 is 0 Å². The van der Waals surface area contributed by atoms with Crippen LogP contribution < -0.4 is 15.2 Å². The Hall–Kier alpha value is -2.08. The fraction of sp³-hybridized carbons (Fsp3) is 0.167. The Labute approximate surface area is 109 Å². The van der Waals surface area contributed by atoms with Crippen LogP contribution in [0, 0.1) is 5.41 Å². The van der Waals surface area contributed by atoms with Gasteiger partial charge in [-0.2, -0.15) is 0 Å². The minimum atomic E-state index is 0.0279. The second-order valence-electron chi connectivity index (χ2n) is 3.50. The molecule has 0 spiro atoms. The molecule has 6 heteroatoms. The number of amidine groups is 1. The lowest BCUT2D eigenvalue weighted by molar-refractivity contribution is 0.303. The lowest BCUT2D eigenvalue weighted by Gasteiger charge is -2.05. The molecule has 0 bridgehead atoms. The van der Waals surface area contributed by atoms with E-state index >= 15 is 0 Å². The lowest BCUT2D eigenvalue weighted by atomic mass is 10.3. The first-order valence-corrected chi connectivity index (χ1v) is 6.06. The van der Waals surface area contributed by atoms with E-state index in [2.05, 4.69) is 4.98 Å². The second-order valence-corrected chi connectivity index (χ2v) is 4.61. The van der Waals surface area contributed by atoms with E-state index in [0.717, 1.165) is 10.8 Å². The number of thiazole rings is 1. The summed E-state index contributed by atoms with van der Waals surface area (Å²) >= 11 is 1.35. The molecule has 1 aromatic carbocycles. The quantitative estimate of drug-likeness (QED) is 0.638. The molecule has 3 N–H and O–H groups in total. The van der Waals surface area contributed by atoms with Gasteiger partial charge in [-0.25, -0.2) is 4.98 Å². The molecule has 0 amide bonds. The summed E-state index contributed by atoms with van der Waals surface area (Å²) in [4.78, 5) is 4.79. The van der Waals surface area contributed by atoms with Crippen molar-refractivity contribution in [1.29, 1.82) is 5.41 Å². The van der Waals surface area contributed by atoms with Crippen LogP contribution in [0.4, 0.5) is 0 Å². The monoisotopic (exact) mass is 263 g/mol. The first-order chi connectivity index (χ1) is 8.69. The number of benzene rings is 1. The number of methoxy groups -OCH3 is 1. The molecular weight excluding hydrogens is 250 g/mol. The summed E-state index contributed by atoms with van der Waals surface area (Å²) in [6.45, 7) is 0.352. The van der Waals surface area contributed by atoms with Crippen molar-refractivity contribution in [1.82, 2.24) is 4.98 Å². The third kappa shape index (κ3) is 2.98. The standard InChI is InChI=1S/C12H13N3O2S/c1-16-8-3-2-4-9(5-8)17-7-11-15-6-10(18-11)12(13)14/h2-6H,7H2,1H3,(H3,13,14). The van der Waals surface area contributed by atoms with Gasteiger partial charge in [-0.1, -0.05) is 6.07 Å². The molecule has 18 heavy (non-hydrogen) atoms. The van der Waals surface area contributed by atoms with E-state index in [-0.39, 0.29) is 5.84 Å². The van der Waals surface area contributed by atoms with E-state index in [9.17, 15) is 0 Å². The Morgan fingerprint density at radius 3 is 2.89 bits per heavy atom. The van der Waals surface area contributed by atoms with E-state index < -0.39 is 0 Å². The summed E-state index contributed by atoms with van der Waals surface area (Å²) in [5.74, 6) is 1.49. The number of hydrogen-bond acceptors (Lipinski definition) is 5. The normalized spacial score (nSPS) is 10.1. The first kappa shape index (κ1) is 12.4. The van der Waals surface area contributed by atoms with Crippen molar-refractivity contribution in [3.05, 3.63) is 40.3 Å². The number of nitrogens with zero attached hydrogens (tertiary/aromatic N) is 1. The summed E-state index contributed by atoms with van der Waals surface area (Å²) in [5.41, 5.74) is 5.37. The average Bonchev–Trinajstić information content (AvgIpc) is 2.85. The molecule has 0 radical (unpaired) electrons. The molecule has 0 saturated carbocycles. The van der Waals surface area contributed by atoms with E-state index in [1.807, 2.05) is 18.2 Å². The zero-order valence-electron chi connectivity index (χ0n) is 9.84. The number of nitrogen functional groups attached to an aromatic ring is 1. The molecule has 0 saturated heterocycles. The molecule has 0 aliphatic rings. The van der Waals surface area contributed by atoms with Gasteiger partial charge < -0.3 is 15.2 Å². The summed E-state index contributed by atoms with van der Waals surface area (Å²) < 4.78 is 10.7. The van der Waals surface area contributed by atoms with Crippen LogP contribution in [0.25, 0.3) is 0 Å². The Kier molecular flexibility index (Phi) is 3.78. The van der Waals surface area contributed by atoms with E-state index in [1.165, 1.54) is 11.3 Å². The van der Waals surface area contributed by atoms with E-state index in [1.54, 1.807) is 19.4 Å². The average molecular weight is 263 g/mol. The van der Waals surface area contributed by atoms with Gasteiger partial charge in [0.2, 0.25) is 0 Å². The van der Waals surface area contributed by atoms with Gasteiger partial charge in [0.25, 0.3) is 0 Å². The smallest absolute Gasteiger partial charge is 0.140 e. The summed E-state index contributed by atoms with van der Waals surface area (Å²) in [6.07, 6.45) is 1.58. The van der Waals surface area contributed by atoms with Gasteiger partial charge in [-0.05, 0) is 12.1 Å². The Morgan fingerprint density at radius 2 is 2.22 bits per heavy atom. The molecule has 0 aliphatic carbocycles. The molecule has 0 aliphatic heterocycles. The van der Waals surface area contributed by atoms with Crippen LogP contribution >= 0.6 is 11.3 Å².